The molecular formula is C22H26N2O4. The molecule has 1 amide bonds. The molecule has 0 radical (unpaired) electrons. The number of aliphatic imine (C=N–C) groups is 1. The van der Waals surface area contributed by atoms with Gasteiger partial charge in [-0.2, -0.15) is 0 Å². The molecule has 1 heterocycles. The Morgan fingerprint density at radius 3 is 2.46 bits per heavy atom. The van der Waals surface area contributed by atoms with E-state index in [2.05, 4.69) is 31.3 Å². The maximum atomic E-state index is 12.8. The zero-order valence-electron chi connectivity index (χ0n) is 15.9. The molecule has 1 rings (SSSR count). The summed E-state index contributed by atoms with van der Waals surface area (Å²) in [5.74, 6) is -1.16. The van der Waals surface area contributed by atoms with E-state index < -0.39 is 5.97 Å². The molecule has 1 N–H and O–H groups in total. The number of hydrogen-bond donors (Lipinski definition) is 1. The van der Waals surface area contributed by atoms with E-state index in [4.69, 9.17) is 9.84 Å². The third-order valence-corrected chi connectivity index (χ3v) is 3.87. The number of allylic oxidation sites excluding steroid dienone is 4. The fourth-order valence-corrected chi connectivity index (χ4v) is 2.60. The summed E-state index contributed by atoms with van der Waals surface area (Å²) in [6.45, 7) is 15.2. The highest BCUT2D eigenvalue weighted by atomic mass is 16.5. The van der Waals surface area contributed by atoms with Crippen molar-refractivity contribution in [2.45, 2.75) is 18.9 Å². The van der Waals surface area contributed by atoms with Crippen molar-refractivity contribution in [2.75, 3.05) is 13.1 Å². The van der Waals surface area contributed by atoms with Gasteiger partial charge in [0.1, 0.15) is 6.10 Å². The van der Waals surface area contributed by atoms with Gasteiger partial charge in [0.2, 0.25) is 5.90 Å². The van der Waals surface area contributed by atoms with Crippen LogP contribution < -0.4 is 0 Å². The minimum absolute atomic E-state index is 0.0462. The summed E-state index contributed by atoms with van der Waals surface area (Å²) in [7, 11) is 0. The Bertz CT molecular complexity index is 756. The summed E-state index contributed by atoms with van der Waals surface area (Å²) in [4.78, 5) is 29.6. The van der Waals surface area contributed by atoms with Gasteiger partial charge in [-0.05, 0) is 18.9 Å². The normalized spacial score (nSPS) is 18.5. The highest BCUT2D eigenvalue weighted by molar-refractivity contribution is 6.00. The molecule has 0 saturated carbocycles. The van der Waals surface area contributed by atoms with Crippen LogP contribution in [0.3, 0.4) is 0 Å². The van der Waals surface area contributed by atoms with E-state index in [1.807, 2.05) is 0 Å². The Kier molecular flexibility index (Phi) is 9.75. The lowest BCUT2D eigenvalue weighted by Gasteiger charge is -2.33. The summed E-state index contributed by atoms with van der Waals surface area (Å²) in [5, 5.41) is 9.14. The van der Waals surface area contributed by atoms with Gasteiger partial charge in [-0.1, -0.05) is 56.7 Å². The number of carbonyl (C=O) groups excluding carboxylic acids is 1. The van der Waals surface area contributed by atoms with Gasteiger partial charge in [-0.25, -0.2) is 9.79 Å². The monoisotopic (exact) mass is 382 g/mol. The maximum Gasteiger partial charge on any atom is 0.335 e. The van der Waals surface area contributed by atoms with Crippen molar-refractivity contribution in [1.82, 2.24) is 4.90 Å². The molecule has 148 valence electrons. The van der Waals surface area contributed by atoms with Crippen LogP contribution in [0.15, 0.2) is 91.2 Å². The van der Waals surface area contributed by atoms with Gasteiger partial charge in [0, 0.05) is 24.4 Å². The third kappa shape index (κ3) is 7.07. The SMILES string of the molecule is C=C/C=C\C(=C/C=C)C(=O)N1CCC[C@@H](OC(/C=C(\C=C)C(=O)O)=N/C=C)C1. The predicted octanol–water partition coefficient (Wildman–Crippen LogP) is 3.59. The molecule has 1 aliphatic rings. The molecule has 28 heavy (non-hydrogen) atoms. The van der Waals surface area contributed by atoms with Crippen molar-refractivity contribution in [1.29, 1.82) is 0 Å². The second kappa shape index (κ2) is 12.1. The summed E-state index contributed by atoms with van der Waals surface area (Å²) in [6, 6.07) is 0. The molecule has 1 aliphatic heterocycles. The Morgan fingerprint density at radius 1 is 1.14 bits per heavy atom. The first-order valence-electron chi connectivity index (χ1n) is 8.80. The number of likely N-dealkylation sites (tertiary alicyclic amines) is 1. The number of carboxylic acid groups (broad SMARTS) is 1. The van der Waals surface area contributed by atoms with Crippen LogP contribution in [-0.4, -0.2) is 47.0 Å². The van der Waals surface area contributed by atoms with Crippen LogP contribution in [0.25, 0.3) is 0 Å². The number of carboxylic acids is 1. The Balaban J connectivity index is 2.95. The van der Waals surface area contributed by atoms with Gasteiger partial charge >= 0.3 is 5.97 Å². The van der Waals surface area contributed by atoms with Crippen LogP contribution in [0.2, 0.25) is 0 Å². The molecule has 0 aromatic carbocycles. The highest BCUT2D eigenvalue weighted by Gasteiger charge is 2.26. The number of aliphatic carboxylic acids is 1. The van der Waals surface area contributed by atoms with Crippen molar-refractivity contribution in [3.05, 3.63) is 86.2 Å². The number of ether oxygens (including phenoxy) is 1. The van der Waals surface area contributed by atoms with Gasteiger partial charge in [0.05, 0.1) is 12.1 Å². The maximum absolute atomic E-state index is 12.8. The van der Waals surface area contributed by atoms with Gasteiger partial charge in [0.25, 0.3) is 5.91 Å². The quantitative estimate of drug-likeness (QED) is 0.286. The van der Waals surface area contributed by atoms with E-state index >= 15 is 0 Å². The van der Waals surface area contributed by atoms with E-state index in [9.17, 15) is 9.59 Å². The van der Waals surface area contributed by atoms with Crippen molar-refractivity contribution < 1.29 is 19.4 Å². The zero-order valence-corrected chi connectivity index (χ0v) is 15.9. The number of carbonyl (C=O) groups is 2. The molecule has 0 bridgehead atoms. The summed E-state index contributed by atoms with van der Waals surface area (Å²) >= 11 is 0. The van der Waals surface area contributed by atoms with Crippen LogP contribution in [0.5, 0.6) is 0 Å². The van der Waals surface area contributed by atoms with Crippen molar-refractivity contribution >= 4 is 17.8 Å². The molecular weight excluding hydrogens is 356 g/mol. The van der Waals surface area contributed by atoms with Crippen molar-refractivity contribution in [2.24, 2.45) is 4.99 Å². The molecule has 1 saturated heterocycles. The second-order valence-corrected chi connectivity index (χ2v) is 5.84. The molecule has 0 unspecified atom stereocenters. The van der Waals surface area contributed by atoms with E-state index in [1.54, 1.807) is 35.3 Å². The summed E-state index contributed by atoms with van der Waals surface area (Å²) < 4.78 is 5.84. The first kappa shape index (κ1) is 22.6. The van der Waals surface area contributed by atoms with E-state index in [1.165, 1.54) is 18.4 Å². The van der Waals surface area contributed by atoms with Gasteiger partial charge in [-0.15, -0.1) is 0 Å². The van der Waals surface area contributed by atoms with Crippen molar-refractivity contribution in [3.8, 4) is 0 Å². The van der Waals surface area contributed by atoms with Crippen LogP contribution in [-0.2, 0) is 14.3 Å². The average molecular weight is 382 g/mol. The van der Waals surface area contributed by atoms with Gasteiger partial charge in [-0.3, -0.25) is 4.79 Å². The Hall–Kier alpha value is -3.41. The zero-order chi connectivity index (χ0) is 20.9. The lowest BCUT2D eigenvalue weighted by atomic mass is 10.1. The minimum Gasteiger partial charge on any atom is -0.478 e. The minimum atomic E-state index is -1.14. The smallest absolute Gasteiger partial charge is 0.335 e. The largest absolute Gasteiger partial charge is 0.478 e. The standard InChI is InChI=1S/C22H26N2O4/c1-5-9-12-18(11-6-2)21(25)24-14-10-13-19(16-24)28-20(23-8-4)15-17(7-3)22(26)27/h5-9,11-12,15,19H,1-4,10,13-14,16H2,(H,26,27)/b12-9-,17-15+,18-11+,23-20+/t19-/m1/s1. The number of rotatable bonds is 9. The van der Waals surface area contributed by atoms with Crippen molar-refractivity contribution in [3.63, 3.8) is 0 Å². The van der Waals surface area contributed by atoms with E-state index in [0.29, 0.717) is 25.1 Å². The second-order valence-electron chi connectivity index (χ2n) is 5.84. The first-order valence-corrected chi connectivity index (χ1v) is 8.80. The summed E-state index contributed by atoms with van der Waals surface area (Å²) in [5.41, 5.74) is 0.449. The summed E-state index contributed by atoms with van der Waals surface area (Å²) in [6.07, 6.45) is 13.1. The fourth-order valence-electron chi connectivity index (χ4n) is 2.60. The molecule has 6 nitrogen and oxygen atoms in total. The average Bonchev–Trinajstić information content (AvgIpc) is 2.68. The molecule has 0 aromatic heterocycles. The molecule has 1 atom stereocenters. The lowest BCUT2D eigenvalue weighted by Crippen LogP contribution is -2.44. The first-order chi connectivity index (χ1) is 13.5. The Labute approximate surface area is 165 Å². The van der Waals surface area contributed by atoms with Crippen LogP contribution in [0.1, 0.15) is 12.8 Å². The number of nitrogens with zero attached hydrogens (tertiary/aromatic N) is 2. The molecule has 0 aromatic rings. The van der Waals surface area contributed by atoms with Gasteiger partial charge < -0.3 is 14.7 Å². The fraction of sp³-hybridized carbons (Fsp3) is 0.227. The van der Waals surface area contributed by atoms with Crippen LogP contribution in [0, 0.1) is 0 Å². The van der Waals surface area contributed by atoms with Crippen LogP contribution >= 0.6 is 0 Å². The van der Waals surface area contributed by atoms with Gasteiger partial charge in [0.15, 0.2) is 0 Å². The van der Waals surface area contributed by atoms with E-state index in [-0.39, 0.29) is 23.5 Å². The lowest BCUT2D eigenvalue weighted by molar-refractivity contribution is -0.132. The number of piperidine rings is 1. The van der Waals surface area contributed by atoms with E-state index in [0.717, 1.165) is 6.42 Å². The predicted molar refractivity (Wildman–Crippen MR) is 112 cm³/mol. The van der Waals surface area contributed by atoms with Crippen LogP contribution in [0.4, 0.5) is 0 Å². The molecule has 0 aliphatic carbocycles. The Morgan fingerprint density at radius 2 is 1.89 bits per heavy atom. The third-order valence-electron chi connectivity index (χ3n) is 3.87. The molecule has 6 heteroatoms. The number of hydrogen-bond acceptors (Lipinski definition) is 4. The topological polar surface area (TPSA) is 79.2 Å². The number of amides is 1. The highest BCUT2D eigenvalue weighted by Crippen LogP contribution is 2.17. The molecule has 1 fully saturated rings. The molecule has 0 spiro atoms.